The van der Waals surface area contributed by atoms with Gasteiger partial charge in [-0.1, -0.05) is 53.5 Å². The van der Waals surface area contributed by atoms with Crippen molar-refractivity contribution in [1.29, 1.82) is 0 Å². The van der Waals surface area contributed by atoms with Crippen molar-refractivity contribution in [2.75, 3.05) is 0 Å². The number of benzene rings is 2. The van der Waals surface area contributed by atoms with Crippen LogP contribution in [-0.4, -0.2) is 43.9 Å². The van der Waals surface area contributed by atoms with Crippen LogP contribution >= 0.6 is 23.2 Å². The quantitative estimate of drug-likeness (QED) is 0.433. The van der Waals surface area contributed by atoms with Gasteiger partial charge in [-0.2, -0.15) is 5.10 Å². The average Bonchev–Trinajstić information content (AvgIpc) is 3.15. The first kappa shape index (κ1) is 23.3. The van der Waals surface area contributed by atoms with Crippen LogP contribution in [0.5, 0.6) is 0 Å². The van der Waals surface area contributed by atoms with E-state index in [1.165, 1.54) is 4.68 Å². The summed E-state index contributed by atoms with van der Waals surface area (Å²) in [5.74, 6) is -3.02. The molecule has 0 fully saturated rings. The summed E-state index contributed by atoms with van der Waals surface area (Å²) in [6, 6.07) is 14.1. The van der Waals surface area contributed by atoms with Gasteiger partial charge in [0.2, 0.25) is 0 Å². The largest absolute Gasteiger partial charge is 0.481 e. The van der Waals surface area contributed by atoms with Crippen molar-refractivity contribution in [2.45, 2.75) is 25.4 Å². The van der Waals surface area contributed by atoms with Crippen molar-refractivity contribution in [1.82, 2.24) is 15.1 Å². The van der Waals surface area contributed by atoms with Crippen LogP contribution in [-0.2, 0) is 17.8 Å². The lowest BCUT2D eigenvalue weighted by Crippen LogP contribution is -2.38. The molecule has 0 aliphatic rings. The molecule has 0 radical (unpaired) electrons. The molecule has 1 aromatic heterocycles. The average molecular weight is 476 g/mol. The summed E-state index contributed by atoms with van der Waals surface area (Å²) in [4.78, 5) is 35.7. The maximum atomic E-state index is 12.8. The van der Waals surface area contributed by atoms with Gasteiger partial charge >= 0.3 is 11.9 Å². The summed E-state index contributed by atoms with van der Waals surface area (Å²) < 4.78 is 1.20. The van der Waals surface area contributed by atoms with Crippen LogP contribution in [0.25, 0.3) is 0 Å². The second-order valence-corrected chi connectivity index (χ2v) is 7.91. The van der Waals surface area contributed by atoms with Crippen LogP contribution in [0, 0.1) is 0 Å². The zero-order valence-corrected chi connectivity index (χ0v) is 18.2. The molecule has 3 aromatic rings. The summed E-state index contributed by atoms with van der Waals surface area (Å²) in [5, 5.41) is 26.5. The second kappa shape index (κ2) is 10.3. The van der Waals surface area contributed by atoms with E-state index in [4.69, 9.17) is 23.2 Å². The smallest absolute Gasteiger partial charge is 0.354 e. The molecule has 2 aromatic carbocycles. The van der Waals surface area contributed by atoms with Crippen molar-refractivity contribution in [3.63, 3.8) is 0 Å². The molecule has 3 rings (SSSR count). The van der Waals surface area contributed by atoms with Crippen molar-refractivity contribution < 1.29 is 24.6 Å². The molecule has 1 heterocycles. The molecule has 0 spiro atoms. The highest BCUT2D eigenvalue weighted by Gasteiger charge is 2.23. The van der Waals surface area contributed by atoms with Crippen LogP contribution in [0.1, 0.15) is 38.5 Å². The van der Waals surface area contributed by atoms with Crippen LogP contribution in [0.2, 0.25) is 10.0 Å². The van der Waals surface area contributed by atoms with E-state index in [1.807, 2.05) is 0 Å². The zero-order valence-electron chi connectivity index (χ0n) is 16.7. The van der Waals surface area contributed by atoms with Gasteiger partial charge in [0, 0.05) is 22.2 Å². The Balaban J connectivity index is 1.81. The van der Waals surface area contributed by atoms with E-state index in [-0.39, 0.29) is 30.8 Å². The predicted molar refractivity (Wildman–Crippen MR) is 118 cm³/mol. The number of carbonyl (C=O) groups excluding carboxylic acids is 1. The fourth-order valence-corrected chi connectivity index (χ4v) is 3.50. The number of carboxylic acid groups (broad SMARTS) is 2. The first-order valence-corrected chi connectivity index (χ1v) is 10.3. The lowest BCUT2D eigenvalue weighted by Gasteiger charge is -2.17. The van der Waals surface area contributed by atoms with Gasteiger partial charge in [-0.25, -0.2) is 4.79 Å². The van der Waals surface area contributed by atoms with Crippen molar-refractivity contribution in [2.24, 2.45) is 0 Å². The molecule has 0 aliphatic carbocycles. The molecule has 1 atom stereocenters. The number of aliphatic carboxylic acids is 1. The van der Waals surface area contributed by atoms with E-state index in [1.54, 1.807) is 48.5 Å². The Bertz CT molecular complexity index is 1140. The molecule has 3 N–H and O–H groups in total. The number of amides is 1. The standard InChI is InChI=1S/C22H19Cl2N3O5/c23-15-7-5-13(6-8-15)12-27-19(22(31)32)11-18(26-27)21(30)25-16(10-20(28)29)9-14-3-1-2-4-17(14)24/h1-8,11,16H,9-10,12H2,(H,25,30)(H,28,29)(H,31,32)/t16-/m1/s1. The highest BCUT2D eigenvalue weighted by Crippen LogP contribution is 2.18. The van der Waals surface area contributed by atoms with Crippen molar-refractivity contribution in [3.8, 4) is 0 Å². The maximum Gasteiger partial charge on any atom is 0.354 e. The number of carbonyl (C=O) groups is 3. The van der Waals surface area contributed by atoms with Gasteiger partial charge in [0.05, 0.1) is 13.0 Å². The number of nitrogens with zero attached hydrogens (tertiary/aromatic N) is 2. The van der Waals surface area contributed by atoms with Gasteiger partial charge in [0.25, 0.3) is 5.91 Å². The zero-order chi connectivity index (χ0) is 23.3. The van der Waals surface area contributed by atoms with E-state index >= 15 is 0 Å². The Hall–Kier alpha value is -3.36. The van der Waals surface area contributed by atoms with Gasteiger partial charge < -0.3 is 15.5 Å². The minimum absolute atomic E-state index is 0.115. The number of aromatic nitrogens is 2. The van der Waals surface area contributed by atoms with Gasteiger partial charge in [-0.15, -0.1) is 0 Å². The number of aromatic carboxylic acids is 1. The van der Waals surface area contributed by atoms with Crippen LogP contribution in [0.3, 0.4) is 0 Å². The number of halogens is 2. The van der Waals surface area contributed by atoms with Gasteiger partial charge in [0.1, 0.15) is 5.69 Å². The van der Waals surface area contributed by atoms with Crippen molar-refractivity contribution >= 4 is 41.0 Å². The molecule has 1 amide bonds. The van der Waals surface area contributed by atoms with E-state index in [2.05, 4.69) is 10.4 Å². The van der Waals surface area contributed by atoms with Crippen LogP contribution in [0.4, 0.5) is 0 Å². The summed E-state index contributed by atoms with van der Waals surface area (Å²) in [7, 11) is 0. The molecular weight excluding hydrogens is 457 g/mol. The topological polar surface area (TPSA) is 122 Å². The Morgan fingerprint density at radius 3 is 2.34 bits per heavy atom. The fraction of sp³-hybridized carbons (Fsp3) is 0.182. The number of hydrogen-bond acceptors (Lipinski definition) is 4. The van der Waals surface area contributed by atoms with Crippen LogP contribution in [0.15, 0.2) is 54.6 Å². The second-order valence-electron chi connectivity index (χ2n) is 7.07. The number of nitrogens with one attached hydrogen (secondary N) is 1. The predicted octanol–water partition coefficient (Wildman–Crippen LogP) is 3.75. The van der Waals surface area contributed by atoms with Crippen LogP contribution < -0.4 is 5.32 Å². The minimum atomic E-state index is -1.25. The number of hydrogen-bond donors (Lipinski definition) is 3. The van der Waals surface area contributed by atoms with E-state index in [0.717, 1.165) is 11.6 Å². The van der Waals surface area contributed by atoms with E-state index < -0.39 is 23.9 Å². The Morgan fingerprint density at radius 1 is 1.03 bits per heavy atom. The first-order chi connectivity index (χ1) is 15.2. The summed E-state index contributed by atoms with van der Waals surface area (Å²) in [6.45, 7) is 0.115. The fourth-order valence-electron chi connectivity index (χ4n) is 3.16. The Labute approximate surface area is 193 Å². The molecule has 0 unspecified atom stereocenters. The molecule has 166 valence electrons. The van der Waals surface area contributed by atoms with Gasteiger partial charge in [0.15, 0.2) is 5.69 Å². The number of carboxylic acids is 2. The summed E-state index contributed by atoms with van der Waals surface area (Å²) in [5.41, 5.74) is 1.12. The molecule has 32 heavy (non-hydrogen) atoms. The molecule has 8 nitrogen and oxygen atoms in total. The highest BCUT2D eigenvalue weighted by atomic mass is 35.5. The normalized spacial score (nSPS) is 11.7. The maximum absolute atomic E-state index is 12.8. The van der Waals surface area contributed by atoms with Gasteiger partial charge in [-0.3, -0.25) is 14.3 Å². The van der Waals surface area contributed by atoms with E-state index in [0.29, 0.717) is 15.6 Å². The first-order valence-electron chi connectivity index (χ1n) is 9.54. The lowest BCUT2D eigenvalue weighted by atomic mass is 10.0. The van der Waals surface area contributed by atoms with Crippen molar-refractivity contribution in [3.05, 3.63) is 87.2 Å². The summed E-state index contributed by atoms with van der Waals surface area (Å²) in [6.07, 6.45) is -0.150. The van der Waals surface area contributed by atoms with Gasteiger partial charge in [-0.05, 0) is 35.7 Å². The monoisotopic (exact) mass is 475 g/mol. The Morgan fingerprint density at radius 2 is 1.72 bits per heavy atom. The minimum Gasteiger partial charge on any atom is -0.481 e. The molecule has 0 aliphatic heterocycles. The molecule has 0 saturated carbocycles. The molecule has 0 bridgehead atoms. The molecule has 10 heteroatoms. The third kappa shape index (κ3) is 6.09. The lowest BCUT2D eigenvalue weighted by molar-refractivity contribution is -0.137. The summed E-state index contributed by atoms with van der Waals surface area (Å²) >= 11 is 12.0. The van der Waals surface area contributed by atoms with E-state index in [9.17, 15) is 24.6 Å². The SMILES string of the molecule is O=C(O)C[C@@H](Cc1ccccc1Cl)NC(=O)c1cc(C(=O)O)n(Cc2ccc(Cl)cc2)n1. The Kier molecular flexibility index (Phi) is 7.50. The third-order valence-electron chi connectivity index (χ3n) is 4.66. The molecular formula is C22H19Cl2N3O5. The number of rotatable bonds is 9. The third-order valence-corrected chi connectivity index (χ3v) is 5.28. The molecule has 0 saturated heterocycles. The highest BCUT2D eigenvalue weighted by molar-refractivity contribution is 6.31.